The van der Waals surface area contributed by atoms with Crippen molar-refractivity contribution in [3.63, 3.8) is 0 Å². The third-order valence-corrected chi connectivity index (χ3v) is 4.92. The molecule has 0 spiro atoms. The molecule has 0 aliphatic rings. The fourth-order valence-electron chi connectivity index (χ4n) is 3.09. The van der Waals surface area contributed by atoms with Gasteiger partial charge in [0, 0.05) is 12.7 Å². The van der Waals surface area contributed by atoms with Gasteiger partial charge in [0.1, 0.15) is 0 Å². The van der Waals surface area contributed by atoms with Crippen LogP contribution in [0.15, 0.2) is 48.5 Å². The summed E-state index contributed by atoms with van der Waals surface area (Å²) in [5.74, 6) is -0.0693. The number of hydrogen-bond acceptors (Lipinski definition) is 2. The molecule has 0 fully saturated rings. The van der Waals surface area contributed by atoms with Crippen molar-refractivity contribution in [3.05, 3.63) is 65.2 Å². The van der Waals surface area contributed by atoms with Gasteiger partial charge in [0.2, 0.25) is 0 Å². The average molecular weight is 369 g/mol. The molecule has 0 aliphatic carbocycles. The van der Waals surface area contributed by atoms with Crippen LogP contribution in [0.25, 0.3) is 0 Å². The summed E-state index contributed by atoms with van der Waals surface area (Å²) in [5, 5.41) is 2.98. The SMILES string of the molecule is Cc1cccc(C)c1NC(=O)C[NH+](C)CC(=O)N(C)[C@@H](C)c1ccccc1. The number of nitrogens with one attached hydrogen (secondary N) is 2. The van der Waals surface area contributed by atoms with Crippen molar-refractivity contribution in [2.24, 2.45) is 0 Å². The molecule has 2 atom stereocenters. The van der Waals surface area contributed by atoms with E-state index >= 15 is 0 Å². The molecule has 0 aliphatic heterocycles. The van der Waals surface area contributed by atoms with Gasteiger partial charge in [-0.15, -0.1) is 0 Å². The molecule has 0 aromatic heterocycles. The monoisotopic (exact) mass is 368 g/mol. The highest BCUT2D eigenvalue weighted by atomic mass is 16.2. The summed E-state index contributed by atoms with van der Waals surface area (Å²) in [4.78, 5) is 27.6. The minimum atomic E-state index is -0.0866. The summed E-state index contributed by atoms with van der Waals surface area (Å²) in [6.45, 7) is 6.47. The largest absolute Gasteiger partial charge is 0.334 e. The number of rotatable bonds is 7. The lowest BCUT2D eigenvalue weighted by atomic mass is 10.1. The zero-order valence-electron chi connectivity index (χ0n) is 16.9. The van der Waals surface area contributed by atoms with Gasteiger partial charge in [-0.05, 0) is 37.5 Å². The number of carbonyl (C=O) groups excluding carboxylic acids is 2. The van der Waals surface area contributed by atoms with Crippen LogP contribution in [0.2, 0.25) is 0 Å². The second-order valence-electron chi connectivity index (χ2n) is 7.22. The minimum Gasteiger partial charge on any atom is -0.334 e. The number of nitrogens with zero attached hydrogens (tertiary/aromatic N) is 1. The molecule has 2 N–H and O–H groups in total. The number of carbonyl (C=O) groups is 2. The standard InChI is InChI=1S/C22H29N3O2/c1-16-10-9-11-17(2)22(16)23-20(26)14-24(4)15-21(27)25(5)18(3)19-12-7-6-8-13-19/h6-13,18H,14-15H2,1-5H3,(H,23,26)/p+1/t18-/m0/s1. The van der Waals surface area contributed by atoms with Crippen molar-refractivity contribution >= 4 is 17.5 Å². The zero-order chi connectivity index (χ0) is 20.0. The van der Waals surface area contributed by atoms with E-state index in [-0.39, 0.29) is 30.9 Å². The van der Waals surface area contributed by atoms with Gasteiger partial charge in [-0.3, -0.25) is 9.59 Å². The number of anilines is 1. The normalized spacial score (nSPS) is 12.9. The van der Waals surface area contributed by atoms with Crippen LogP contribution in [-0.4, -0.2) is 43.9 Å². The summed E-state index contributed by atoms with van der Waals surface area (Å²) in [5.41, 5.74) is 4.03. The van der Waals surface area contributed by atoms with Crippen LogP contribution in [0, 0.1) is 13.8 Å². The first-order chi connectivity index (χ1) is 12.8. The Morgan fingerprint density at radius 2 is 1.59 bits per heavy atom. The fraction of sp³-hybridized carbons (Fsp3) is 0.364. The lowest BCUT2D eigenvalue weighted by molar-refractivity contribution is -0.862. The smallest absolute Gasteiger partial charge is 0.279 e. The van der Waals surface area contributed by atoms with Crippen molar-refractivity contribution < 1.29 is 14.5 Å². The first kappa shape index (κ1) is 20.6. The second kappa shape index (κ2) is 9.33. The van der Waals surface area contributed by atoms with Crippen molar-refractivity contribution in [3.8, 4) is 0 Å². The highest BCUT2D eigenvalue weighted by molar-refractivity contribution is 5.93. The van der Waals surface area contributed by atoms with E-state index in [1.165, 1.54) is 0 Å². The van der Waals surface area contributed by atoms with Crippen LogP contribution in [0.4, 0.5) is 5.69 Å². The first-order valence-electron chi connectivity index (χ1n) is 9.27. The molecule has 0 bridgehead atoms. The highest BCUT2D eigenvalue weighted by Crippen LogP contribution is 2.19. The van der Waals surface area contributed by atoms with Gasteiger partial charge >= 0.3 is 0 Å². The molecule has 1 unspecified atom stereocenters. The Kier molecular flexibility index (Phi) is 7.13. The molecular formula is C22H30N3O2+. The topological polar surface area (TPSA) is 53.9 Å². The molecule has 144 valence electrons. The molecule has 2 amide bonds. The Hall–Kier alpha value is -2.66. The summed E-state index contributed by atoms with van der Waals surface area (Å²) in [6, 6.07) is 15.9. The maximum Gasteiger partial charge on any atom is 0.279 e. The maximum absolute atomic E-state index is 12.6. The van der Waals surface area contributed by atoms with Crippen LogP contribution >= 0.6 is 0 Å². The van der Waals surface area contributed by atoms with Gasteiger partial charge in [0.15, 0.2) is 13.1 Å². The zero-order valence-corrected chi connectivity index (χ0v) is 16.9. The van der Waals surface area contributed by atoms with E-state index in [1.807, 2.05) is 83.4 Å². The molecule has 5 heteroatoms. The van der Waals surface area contributed by atoms with Crippen LogP contribution < -0.4 is 10.2 Å². The molecule has 2 rings (SSSR count). The number of para-hydroxylation sites is 1. The Bertz CT molecular complexity index is 769. The number of benzene rings is 2. The fourth-order valence-corrected chi connectivity index (χ4v) is 3.09. The second-order valence-corrected chi connectivity index (χ2v) is 7.22. The predicted octanol–water partition coefficient (Wildman–Crippen LogP) is 1.98. The molecule has 2 aromatic rings. The quantitative estimate of drug-likeness (QED) is 0.785. The van der Waals surface area contributed by atoms with Crippen molar-refractivity contribution in [1.29, 1.82) is 0 Å². The number of quaternary nitrogens is 1. The Morgan fingerprint density at radius 1 is 1.00 bits per heavy atom. The van der Waals surface area contributed by atoms with Crippen LogP contribution in [0.3, 0.4) is 0 Å². The molecule has 5 nitrogen and oxygen atoms in total. The predicted molar refractivity (Wildman–Crippen MR) is 109 cm³/mol. The lowest BCUT2D eigenvalue weighted by Gasteiger charge is -2.26. The van der Waals surface area contributed by atoms with Gasteiger partial charge in [-0.1, -0.05) is 48.5 Å². The molecular weight excluding hydrogens is 338 g/mol. The van der Waals surface area contributed by atoms with Crippen molar-refractivity contribution in [2.45, 2.75) is 26.8 Å². The third kappa shape index (κ3) is 5.66. The maximum atomic E-state index is 12.6. The number of aryl methyl sites for hydroxylation is 2. The van der Waals surface area contributed by atoms with E-state index in [0.29, 0.717) is 0 Å². The van der Waals surface area contributed by atoms with E-state index in [1.54, 1.807) is 4.90 Å². The van der Waals surface area contributed by atoms with Crippen LogP contribution in [0.1, 0.15) is 29.7 Å². The van der Waals surface area contributed by atoms with E-state index in [2.05, 4.69) is 5.32 Å². The van der Waals surface area contributed by atoms with Crippen LogP contribution in [-0.2, 0) is 9.59 Å². The highest BCUT2D eigenvalue weighted by Gasteiger charge is 2.22. The summed E-state index contributed by atoms with van der Waals surface area (Å²) < 4.78 is 0. The molecule has 0 saturated carbocycles. The Labute approximate surface area is 162 Å². The van der Waals surface area contributed by atoms with Gasteiger partial charge in [-0.2, -0.15) is 0 Å². The summed E-state index contributed by atoms with van der Waals surface area (Å²) >= 11 is 0. The van der Waals surface area contributed by atoms with E-state index in [4.69, 9.17) is 0 Å². The average Bonchev–Trinajstić information content (AvgIpc) is 2.64. The van der Waals surface area contributed by atoms with Gasteiger partial charge in [0.05, 0.1) is 13.1 Å². The van der Waals surface area contributed by atoms with Gasteiger partial charge < -0.3 is 15.1 Å². The molecule has 27 heavy (non-hydrogen) atoms. The minimum absolute atomic E-state index is 0.00468. The molecule has 0 heterocycles. The molecule has 2 aromatic carbocycles. The molecule has 0 saturated heterocycles. The van der Waals surface area contributed by atoms with Crippen molar-refractivity contribution in [2.75, 3.05) is 32.5 Å². The first-order valence-corrected chi connectivity index (χ1v) is 9.27. The van der Waals surface area contributed by atoms with Gasteiger partial charge in [-0.25, -0.2) is 0 Å². The van der Waals surface area contributed by atoms with E-state index in [0.717, 1.165) is 27.3 Å². The third-order valence-electron chi connectivity index (χ3n) is 4.92. The number of amides is 2. The van der Waals surface area contributed by atoms with E-state index in [9.17, 15) is 9.59 Å². The Balaban J connectivity index is 1.89. The lowest BCUT2D eigenvalue weighted by Crippen LogP contribution is -3.11. The molecule has 0 radical (unpaired) electrons. The van der Waals surface area contributed by atoms with Crippen LogP contribution in [0.5, 0.6) is 0 Å². The Morgan fingerprint density at radius 3 is 2.19 bits per heavy atom. The number of hydrogen-bond donors (Lipinski definition) is 2. The number of likely N-dealkylation sites (N-methyl/N-ethyl adjacent to an activating group) is 2. The summed E-state index contributed by atoms with van der Waals surface area (Å²) in [7, 11) is 3.67. The van der Waals surface area contributed by atoms with E-state index < -0.39 is 0 Å². The van der Waals surface area contributed by atoms with Crippen molar-refractivity contribution in [1.82, 2.24) is 4.90 Å². The summed E-state index contributed by atoms with van der Waals surface area (Å²) in [6.07, 6.45) is 0. The van der Waals surface area contributed by atoms with Gasteiger partial charge in [0.25, 0.3) is 11.8 Å².